The molecule has 5 aromatic rings. The number of carbonyl (C=O) groups is 1. The first kappa shape index (κ1) is 22.0. The van der Waals surface area contributed by atoms with E-state index in [0.29, 0.717) is 6.42 Å². The Bertz CT molecular complexity index is 1610. The standard InChI is InChI=1S/C26H25ClN4OS2/c1-25(2,3)13-6-7-14-15(10-13)29-23(28-14)21-20(18-8-9-19(27)33-18)30-24-31(21)16-11-26(4,5)12-17(32)22(16)34-24/h6-10H,11-12H2,1-5H3,(H,28,29). The lowest BCUT2D eigenvalue weighted by atomic mass is 9.78. The lowest BCUT2D eigenvalue weighted by Gasteiger charge is -2.28. The fourth-order valence-electron chi connectivity index (χ4n) is 4.80. The number of thiazole rings is 1. The third kappa shape index (κ3) is 3.44. The minimum atomic E-state index is -0.0957. The smallest absolute Gasteiger partial charge is 0.195 e. The molecule has 174 valence electrons. The Morgan fingerprint density at radius 3 is 2.59 bits per heavy atom. The second kappa shape index (κ2) is 7.26. The van der Waals surface area contributed by atoms with Crippen LogP contribution in [0.15, 0.2) is 30.3 Å². The molecular weight excluding hydrogens is 484 g/mol. The van der Waals surface area contributed by atoms with Crippen molar-refractivity contribution in [2.75, 3.05) is 0 Å². The highest BCUT2D eigenvalue weighted by Crippen LogP contribution is 2.44. The maximum atomic E-state index is 13.0. The first-order valence-corrected chi connectivity index (χ1v) is 13.3. The molecule has 8 heteroatoms. The van der Waals surface area contributed by atoms with Crippen molar-refractivity contribution in [3.8, 4) is 22.1 Å². The maximum absolute atomic E-state index is 13.0. The molecule has 4 aromatic heterocycles. The van der Waals surface area contributed by atoms with Gasteiger partial charge in [-0.15, -0.1) is 11.3 Å². The normalized spacial score (nSPS) is 16.0. The van der Waals surface area contributed by atoms with E-state index in [1.54, 1.807) is 0 Å². The molecule has 0 bridgehead atoms. The average molecular weight is 509 g/mol. The van der Waals surface area contributed by atoms with E-state index in [4.69, 9.17) is 21.6 Å². The van der Waals surface area contributed by atoms with Crippen molar-refractivity contribution in [1.29, 1.82) is 0 Å². The summed E-state index contributed by atoms with van der Waals surface area (Å²) in [6.45, 7) is 10.9. The molecule has 0 unspecified atom stereocenters. The van der Waals surface area contributed by atoms with E-state index < -0.39 is 0 Å². The first-order valence-electron chi connectivity index (χ1n) is 11.3. The van der Waals surface area contributed by atoms with Gasteiger partial charge in [0.25, 0.3) is 0 Å². The fraction of sp³-hybridized carbons (Fsp3) is 0.346. The minimum Gasteiger partial charge on any atom is -0.337 e. The second-order valence-electron chi connectivity index (χ2n) is 10.9. The number of Topliss-reactive ketones (excluding diaryl/α,β-unsaturated/α-hetero) is 1. The van der Waals surface area contributed by atoms with Crippen molar-refractivity contribution in [2.45, 2.75) is 52.9 Å². The zero-order valence-corrected chi connectivity index (χ0v) is 22.1. The Hall–Kier alpha value is -2.48. The van der Waals surface area contributed by atoms with Crippen LogP contribution in [0.3, 0.4) is 0 Å². The van der Waals surface area contributed by atoms with Gasteiger partial charge in [0.1, 0.15) is 11.4 Å². The number of nitrogens with zero attached hydrogens (tertiary/aromatic N) is 3. The van der Waals surface area contributed by atoms with Crippen LogP contribution in [0.5, 0.6) is 0 Å². The van der Waals surface area contributed by atoms with Crippen molar-refractivity contribution < 1.29 is 4.79 Å². The van der Waals surface area contributed by atoms with Crippen molar-refractivity contribution in [2.24, 2.45) is 5.41 Å². The van der Waals surface area contributed by atoms with Crippen molar-refractivity contribution >= 4 is 56.1 Å². The Morgan fingerprint density at radius 1 is 1.09 bits per heavy atom. The summed E-state index contributed by atoms with van der Waals surface area (Å²) in [6, 6.07) is 10.3. The Morgan fingerprint density at radius 2 is 1.88 bits per heavy atom. The highest BCUT2D eigenvalue weighted by atomic mass is 35.5. The quantitative estimate of drug-likeness (QED) is 0.265. The van der Waals surface area contributed by atoms with Crippen LogP contribution in [0, 0.1) is 5.41 Å². The predicted molar refractivity (Wildman–Crippen MR) is 142 cm³/mol. The lowest BCUT2D eigenvalue weighted by molar-refractivity contribution is 0.0915. The van der Waals surface area contributed by atoms with Crippen LogP contribution in [0.25, 0.3) is 38.1 Å². The van der Waals surface area contributed by atoms with E-state index in [-0.39, 0.29) is 16.6 Å². The molecule has 1 aliphatic rings. The maximum Gasteiger partial charge on any atom is 0.195 e. The van der Waals surface area contributed by atoms with Crippen LogP contribution in [-0.2, 0) is 11.8 Å². The molecule has 0 aliphatic heterocycles. The van der Waals surface area contributed by atoms with Gasteiger partial charge in [-0.2, -0.15) is 0 Å². The zero-order valence-electron chi connectivity index (χ0n) is 19.7. The van der Waals surface area contributed by atoms with E-state index in [1.807, 2.05) is 12.1 Å². The zero-order chi connectivity index (χ0) is 24.0. The molecule has 5 nitrogen and oxygen atoms in total. The summed E-state index contributed by atoms with van der Waals surface area (Å²) >= 11 is 9.29. The fourth-order valence-corrected chi connectivity index (χ4v) is 6.91. The highest BCUT2D eigenvalue weighted by Gasteiger charge is 2.36. The molecule has 4 heterocycles. The molecule has 34 heavy (non-hydrogen) atoms. The number of benzene rings is 1. The van der Waals surface area contributed by atoms with E-state index >= 15 is 0 Å². The number of H-pyrrole nitrogens is 1. The number of aromatic nitrogens is 4. The molecule has 1 N–H and O–H groups in total. The van der Waals surface area contributed by atoms with E-state index in [9.17, 15) is 4.79 Å². The van der Waals surface area contributed by atoms with Crippen LogP contribution in [0.2, 0.25) is 4.34 Å². The molecule has 6 rings (SSSR count). The number of hydrogen-bond donors (Lipinski definition) is 1. The van der Waals surface area contributed by atoms with Gasteiger partial charge < -0.3 is 4.98 Å². The number of thiophene rings is 1. The molecule has 0 saturated carbocycles. The number of aromatic amines is 1. The average Bonchev–Trinajstić information content (AvgIpc) is 3.48. The van der Waals surface area contributed by atoms with Crippen molar-refractivity contribution in [3.63, 3.8) is 0 Å². The first-order chi connectivity index (χ1) is 16.0. The summed E-state index contributed by atoms with van der Waals surface area (Å²) in [5.41, 5.74) is 5.87. The highest BCUT2D eigenvalue weighted by molar-refractivity contribution is 7.20. The topological polar surface area (TPSA) is 63.0 Å². The number of rotatable bonds is 2. The molecule has 1 aromatic carbocycles. The summed E-state index contributed by atoms with van der Waals surface area (Å²) in [5, 5.41) is 0. The Labute approximate surface area is 210 Å². The summed E-state index contributed by atoms with van der Waals surface area (Å²) in [4.78, 5) is 29.2. The van der Waals surface area contributed by atoms with Crippen LogP contribution in [-0.4, -0.2) is 25.1 Å². The van der Waals surface area contributed by atoms with Gasteiger partial charge in [0.05, 0.1) is 25.1 Å². The molecular formula is C26H25ClN4OS2. The molecule has 0 amide bonds. The molecule has 0 radical (unpaired) electrons. The predicted octanol–water partition coefficient (Wildman–Crippen LogP) is 7.77. The van der Waals surface area contributed by atoms with Gasteiger partial charge in [-0.3, -0.25) is 9.20 Å². The van der Waals surface area contributed by atoms with E-state index in [0.717, 1.165) is 59.4 Å². The number of halogens is 1. The molecule has 1 aliphatic carbocycles. The number of ketones is 1. The molecule has 0 spiro atoms. The molecule has 0 saturated heterocycles. The molecule has 0 atom stereocenters. The van der Waals surface area contributed by atoms with E-state index in [1.165, 1.54) is 28.2 Å². The van der Waals surface area contributed by atoms with Crippen molar-refractivity contribution in [1.82, 2.24) is 19.4 Å². The van der Waals surface area contributed by atoms with Gasteiger partial charge in [0.15, 0.2) is 16.6 Å². The number of hydrogen-bond acceptors (Lipinski definition) is 5. The van der Waals surface area contributed by atoms with Gasteiger partial charge in [0.2, 0.25) is 0 Å². The van der Waals surface area contributed by atoms with Crippen LogP contribution < -0.4 is 0 Å². The molecule has 0 fully saturated rings. The second-order valence-corrected chi connectivity index (χ2v) is 13.6. The third-order valence-electron chi connectivity index (χ3n) is 6.49. The number of carbonyl (C=O) groups excluding carboxylic acids is 1. The van der Waals surface area contributed by atoms with Gasteiger partial charge in [0, 0.05) is 12.1 Å². The summed E-state index contributed by atoms with van der Waals surface area (Å²) in [7, 11) is 0. The van der Waals surface area contributed by atoms with Gasteiger partial charge >= 0.3 is 0 Å². The number of nitrogens with one attached hydrogen (secondary N) is 1. The lowest BCUT2D eigenvalue weighted by Crippen LogP contribution is -2.26. The summed E-state index contributed by atoms with van der Waals surface area (Å²) < 4.78 is 2.87. The number of imidazole rings is 2. The van der Waals surface area contributed by atoms with E-state index in [2.05, 4.69) is 62.2 Å². The van der Waals surface area contributed by atoms with Crippen LogP contribution in [0.1, 0.15) is 62.0 Å². The summed E-state index contributed by atoms with van der Waals surface area (Å²) in [6.07, 6.45) is 1.38. The minimum absolute atomic E-state index is 0.0423. The van der Waals surface area contributed by atoms with Crippen LogP contribution >= 0.6 is 34.3 Å². The van der Waals surface area contributed by atoms with Crippen LogP contribution in [0.4, 0.5) is 0 Å². The van der Waals surface area contributed by atoms with Gasteiger partial charge in [-0.1, -0.05) is 63.6 Å². The number of fused-ring (bicyclic) bond motifs is 4. The summed E-state index contributed by atoms with van der Waals surface area (Å²) in [5.74, 6) is 0.956. The largest absolute Gasteiger partial charge is 0.337 e. The van der Waals surface area contributed by atoms with Gasteiger partial charge in [-0.25, -0.2) is 9.97 Å². The Balaban J connectivity index is 1.64. The van der Waals surface area contributed by atoms with Crippen molar-refractivity contribution in [3.05, 3.63) is 50.8 Å². The monoisotopic (exact) mass is 508 g/mol. The Kier molecular flexibility index (Phi) is 4.70. The SMILES string of the molecule is CC1(C)CC(=O)c2sc3nc(-c4ccc(Cl)s4)c(-c4nc5ccc(C(C)(C)C)cc5[nH]4)n3c2C1. The third-order valence-corrected chi connectivity index (χ3v) is 8.85. The van der Waals surface area contributed by atoms with Gasteiger partial charge in [-0.05, 0) is 47.1 Å².